The Bertz CT molecular complexity index is 439. The first-order valence-corrected chi connectivity index (χ1v) is 7.01. The van der Waals surface area contributed by atoms with Gasteiger partial charge in [-0.25, -0.2) is 0 Å². The third-order valence-corrected chi connectivity index (χ3v) is 3.16. The number of nitrogens with two attached hydrogens (primary N) is 1. The molecule has 2 atom stereocenters. The van der Waals surface area contributed by atoms with Gasteiger partial charge in [0.25, 0.3) is 0 Å². The quantitative estimate of drug-likeness (QED) is 0.780. The van der Waals surface area contributed by atoms with E-state index in [1.165, 1.54) is 5.56 Å². The number of aliphatic hydroxyl groups is 1. The summed E-state index contributed by atoms with van der Waals surface area (Å²) in [6.45, 7) is 8.42. The van der Waals surface area contributed by atoms with E-state index in [0.717, 1.165) is 5.56 Å². The van der Waals surface area contributed by atoms with Crippen LogP contribution in [0.1, 0.15) is 51.3 Å². The van der Waals surface area contributed by atoms with Gasteiger partial charge in [-0.1, -0.05) is 45.0 Å². The lowest BCUT2D eigenvalue weighted by molar-refractivity contribution is -0.121. The Hall–Kier alpha value is -1.10. The summed E-state index contributed by atoms with van der Waals surface area (Å²) in [6.07, 6.45) is -0.420. The number of amides is 1. The number of carbonyl (C=O) groups is 1. The smallest absolute Gasteiger partial charge is 0.221 e. The van der Waals surface area contributed by atoms with Gasteiger partial charge >= 0.3 is 0 Å². The van der Waals surface area contributed by atoms with Gasteiger partial charge in [0.05, 0.1) is 6.10 Å². The molecular formula is C16H27ClN2O2. The maximum absolute atomic E-state index is 11.5. The average molecular weight is 315 g/mol. The SMILES string of the molecule is CC(N)CC(=O)NCC(O)c1ccc(C(C)(C)C)cc1.Cl. The van der Waals surface area contributed by atoms with Crippen LogP contribution in [-0.4, -0.2) is 23.6 Å². The van der Waals surface area contributed by atoms with E-state index < -0.39 is 6.10 Å². The maximum Gasteiger partial charge on any atom is 0.221 e. The van der Waals surface area contributed by atoms with Crippen molar-refractivity contribution in [2.75, 3.05) is 6.54 Å². The second-order valence-corrected chi connectivity index (χ2v) is 6.37. The van der Waals surface area contributed by atoms with Crippen LogP contribution in [0.2, 0.25) is 0 Å². The Labute approximate surface area is 133 Å². The lowest BCUT2D eigenvalue weighted by Crippen LogP contribution is -2.32. The highest BCUT2D eigenvalue weighted by Crippen LogP contribution is 2.23. The highest BCUT2D eigenvalue weighted by Gasteiger charge is 2.15. The minimum absolute atomic E-state index is 0. The van der Waals surface area contributed by atoms with Gasteiger partial charge in [0.1, 0.15) is 0 Å². The summed E-state index contributed by atoms with van der Waals surface area (Å²) in [5, 5.41) is 12.7. The zero-order chi connectivity index (χ0) is 15.3. The van der Waals surface area contributed by atoms with Gasteiger partial charge < -0.3 is 16.2 Å². The number of benzene rings is 1. The fourth-order valence-electron chi connectivity index (χ4n) is 1.90. The van der Waals surface area contributed by atoms with Crippen molar-refractivity contribution < 1.29 is 9.90 Å². The van der Waals surface area contributed by atoms with Gasteiger partial charge in [0.2, 0.25) is 5.91 Å². The van der Waals surface area contributed by atoms with Crippen molar-refractivity contribution in [1.82, 2.24) is 5.32 Å². The number of hydrogen-bond acceptors (Lipinski definition) is 3. The van der Waals surface area contributed by atoms with Crippen LogP contribution in [0.5, 0.6) is 0 Å². The van der Waals surface area contributed by atoms with Crippen molar-refractivity contribution in [3.8, 4) is 0 Å². The molecule has 120 valence electrons. The molecule has 0 radical (unpaired) electrons. The van der Waals surface area contributed by atoms with Crippen LogP contribution in [0, 0.1) is 0 Å². The zero-order valence-corrected chi connectivity index (χ0v) is 14.0. The van der Waals surface area contributed by atoms with E-state index in [-0.39, 0.29) is 42.7 Å². The highest BCUT2D eigenvalue weighted by atomic mass is 35.5. The van der Waals surface area contributed by atoms with Gasteiger partial charge in [-0.05, 0) is 23.5 Å². The molecule has 0 fully saturated rings. The first kappa shape index (κ1) is 19.9. The second kappa shape index (κ2) is 8.37. The van der Waals surface area contributed by atoms with Gasteiger partial charge in [0.15, 0.2) is 0 Å². The molecule has 0 spiro atoms. The van der Waals surface area contributed by atoms with E-state index in [0.29, 0.717) is 0 Å². The zero-order valence-electron chi connectivity index (χ0n) is 13.2. The van der Waals surface area contributed by atoms with Crippen LogP contribution in [0.15, 0.2) is 24.3 Å². The largest absolute Gasteiger partial charge is 0.387 e. The topological polar surface area (TPSA) is 75.4 Å². The standard InChI is InChI=1S/C16H26N2O2.ClH/c1-11(17)9-15(20)18-10-14(19)12-5-7-13(8-6-12)16(2,3)4;/h5-8,11,14,19H,9-10,17H2,1-4H3,(H,18,20);1H. The fraction of sp³-hybridized carbons (Fsp3) is 0.562. The summed E-state index contributed by atoms with van der Waals surface area (Å²) in [4.78, 5) is 11.5. The van der Waals surface area contributed by atoms with E-state index in [1.807, 2.05) is 24.3 Å². The maximum atomic E-state index is 11.5. The Balaban J connectivity index is 0.00000400. The van der Waals surface area contributed by atoms with Crippen LogP contribution >= 0.6 is 12.4 Å². The average Bonchev–Trinajstić information content (AvgIpc) is 2.34. The van der Waals surface area contributed by atoms with Gasteiger partial charge in [-0.15, -0.1) is 12.4 Å². The molecule has 21 heavy (non-hydrogen) atoms. The first-order valence-electron chi connectivity index (χ1n) is 7.01. The van der Waals surface area contributed by atoms with Gasteiger partial charge in [-0.2, -0.15) is 0 Å². The van der Waals surface area contributed by atoms with Gasteiger partial charge in [-0.3, -0.25) is 4.79 Å². The molecule has 4 N–H and O–H groups in total. The molecule has 0 heterocycles. The minimum atomic E-state index is -0.693. The highest BCUT2D eigenvalue weighted by molar-refractivity contribution is 5.85. The molecule has 0 saturated heterocycles. The van der Waals surface area contributed by atoms with Crippen molar-refractivity contribution in [2.45, 2.75) is 51.7 Å². The molecule has 0 aromatic heterocycles. The molecule has 1 aromatic rings. The molecule has 1 amide bonds. The van der Waals surface area contributed by atoms with E-state index in [4.69, 9.17) is 5.73 Å². The van der Waals surface area contributed by atoms with Crippen LogP contribution in [0.25, 0.3) is 0 Å². The Morgan fingerprint density at radius 3 is 2.24 bits per heavy atom. The van der Waals surface area contributed by atoms with Crippen molar-refractivity contribution in [2.24, 2.45) is 5.73 Å². The molecule has 4 nitrogen and oxygen atoms in total. The van der Waals surface area contributed by atoms with Crippen LogP contribution in [0.3, 0.4) is 0 Å². The van der Waals surface area contributed by atoms with Crippen molar-refractivity contribution in [3.05, 3.63) is 35.4 Å². The number of hydrogen-bond donors (Lipinski definition) is 3. The van der Waals surface area contributed by atoms with Crippen LogP contribution in [0.4, 0.5) is 0 Å². The Kier molecular flexibility index (Phi) is 7.93. The van der Waals surface area contributed by atoms with E-state index in [2.05, 4.69) is 26.1 Å². The number of rotatable bonds is 5. The molecule has 0 bridgehead atoms. The lowest BCUT2D eigenvalue weighted by Gasteiger charge is -2.20. The number of nitrogens with one attached hydrogen (secondary N) is 1. The first-order chi connectivity index (χ1) is 9.20. The van der Waals surface area contributed by atoms with Gasteiger partial charge in [0, 0.05) is 19.0 Å². The molecule has 2 unspecified atom stereocenters. The summed E-state index contributed by atoms with van der Waals surface area (Å²) >= 11 is 0. The van der Waals surface area contributed by atoms with Crippen molar-refractivity contribution >= 4 is 18.3 Å². The molecule has 0 aliphatic carbocycles. The predicted octanol–water partition coefficient (Wildman–Crippen LogP) is 2.29. The lowest BCUT2D eigenvalue weighted by atomic mass is 9.86. The molecule has 0 aliphatic rings. The summed E-state index contributed by atoms with van der Waals surface area (Å²) < 4.78 is 0. The normalized spacial score (nSPS) is 14.0. The van der Waals surface area contributed by atoms with Crippen molar-refractivity contribution in [1.29, 1.82) is 0 Å². The van der Waals surface area contributed by atoms with Crippen LogP contribution < -0.4 is 11.1 Å². The molecule has 1 aromatic carbocycles. The molecule has 0 aliphatic heterocycles. The number of carbonyl (C=O) groups excluding carboxylic acids is 1. The summed E-state index contributed by atoms with van der Waals surface area (Å²) in [6, 6.07) is 7.68. The van der Waals surface area contributed by atoms with E-state index >= 15 is 0 Å². The summed E-state index contributed by atoms with van der Waals surface area (Å²) in [7, 11) is 0. The monoisotopic (exact) mass is 314 g/mol. The Morgan fingerprint density at radius 2 is 1.81 bits per heavy atom. The predicted molar refractivity (Wildman–Crippen MR) is 88.6 cm³/mol. The molecule has 0 saturated carbocycles. The molecule has 5 heteroatoms. The van der Waals surface area contributed by atoms with E-state index in [9.17, 15) is 9.90 Å². The number of aliphatic hydroxyl groups excluding tert-OH is 1. The minimum Gasteiger partial charge on any atom is -0.387 e. The second-order valence-electron chi connectivity index (χ2n) is 6.37. The van der Waals surface area contributed by atoms with E-state index in [1.54, 1.807) is 6.92 Å². The third-order valence-electron chi connectivity index (χ3n) is 3.16. The fourth-order valence-corrected chi connectivity index (χ4v) is 1.90. The van der Waals surface area contributed by atoms with Crippen molar-refractivity contribution in [3.63, 3.8) is 0 Å². The number of halogens is 1. The molecular weight excluding hydrogens is 288 g/mol. The third kappa shape index (κ3) is 6.93. The van der Waals surface area contributed by atoms with Crippen LogP contribution in [-0.2, 0) is 10.2 Å². The summed E-state index contributed by atoms with van der Waals surface area (Å²) in [5.41, 5.74) is 7.66. The molecule has 1 rings (SSSR count). The summed E-state index contributed by atoms with van der Waals surface area (Å²) in [5.74, 6) is -0.134. The Morgan fingerprint density at radius 1 is 1.29 bits per heavy atom.